The molecule has 0 unspecified atom stereocenters. The highest BCUT2D eigenvalue weighted by atomic mass is 32.2. The largest absolute Gasteiger partial charge is 0.379 e. The zero-order valence-electron chi connectivity index (χ0n) is 17.0. The van der Waals surface area contributed by atoms with E-state index >= 15 is 0 Å². The van der Waals surface area contributed by atoms with Crippen molar-refractivity contribution in [1.82, 2.24) is 9.62 Å². The van der Waals surface area contributed by atoms with E-state index in [0.717, 1.165) is 16.7 Å². The second-order valence-corrected chi connectivity index (χ2v) is 9.19. The normalized spacial score (nSPS) is 14.8. The topological polar surface area (TPSA) is 75.7 Å². The van der Waals surface area contributed by atoms with Gasteiger partial charge in [0.1, 0.15) is 0 Å². The maximum atomic E-state index is 12.8. The molecule has 0 saturated carbocycles. The van der Waals surface area contributed by atoms with Crippen molar-refractivity contribution in [3.8, 4) is 11.1 Å². The van der Waals surface area contributed by atoms with Crippen LogP contribution in [0.3, 0.4) is 0 Å². The number of hydrogen-bond acceptors (Lipinski definition) is 4. The lowest BCUT2D eigenvalue weighted by atomic mass is 9.99. The minimum absolute atomic E-state index is 0.176. The van der Waals surface area contributed by atoms with Crippen molar-refractivity contribution in [2.24, 2.45) is 0 Å². The van der Waals surface area contributed by atoms with Gasteiger partial charge in [0.25, 0.3) is 5.91 Å². The number of carbonyl (C=O) groups excluding carboxylic acids is 1. The number of morpholine rings is 1. The Labute approximate surface area is 182 Å². The number of sulfonamides is 1. The van der Waals surface area contributed by atoms with Crippen molar-refractivity contribution in [3.63, 3.8) is 0 Å². The Bertz CT molecular complexity index is 1140. The molecule has 7 heteroatoms. The molecule has 3 aromatic carbocycles. The molecule has 1 amide bonds. The lowest BCUT2D eigenvalue weighted by Crippen LogP contribution is -2.40. The maximum absolute atomic E-state index is 12.8. The molecule has 0 spiro atoms. The van der Waals surface area contributed by atoms with Crippen LogP contribution in [0, 0.1) is 0 Å². The number of benzene rings is 3. The van der Waals surface area contributed by atoms with Gasteiger partial charge in [-0.2, -0.15) is 4.31 Å². The van der Waals surface area contributed by atoms with Crippen LogP contribution < -0.4 is 5.32 Å². The molecule has 4 rings (SSSR count). The molecule has 0 atom stereocenters. The monoisotopic (exact) mass is 436 g/mol. The molecule has 0 radical (unpaired) electrons. The van der Waals surface area contributed by atoms with Crippen LogP contribution in [-0.4, -0.2) is 44.9 Å². The standard InChI is InChI=1S/C24H24N2O4S/c27-24(23-9-5-4-8-22(23)20-6-2-1-3-7-20)25-18-19-10-12-21(13-11-19)31(28,29)26-14-16-30-17-15-26/h1-13H,14-18H2,(H,25,27). The Morgan fingerprint density at radius 2 is 1.52 bits per heavy atom. The van der Waals surface area contributed by atoms with E-state index in [9.17, 15) is 13.2 Å². The molecule has 6 nitrogen and oxygen atoms in total. The maximum Gasteiger partial charge on any atom is 0.252 e. The Kier molecular flexibility index (Phi) is 6.46. The fourth-order valence-corrected chi connectivity index (χ4v) is 4.95. The molecule has 0 bridgehead atoms. The summed E-state index contributed by atoms with van der Waals surface area (Å²) in [7, 11) is -3.52. The lowest BCUT2D eigenvalue weighted by Gasteiger charge is -2.26. The second-order valence-electron chi connectivity index (χ2n) is 7.25. The van der Waals surface area contributed by atoms with Gasteiger partial charge in [-0.3, -0.25) is 4.79 Å². The van der Waals surface area contributed by atoms with Crippen LogP contribution in [0.5, 0.6) is 0 Å². The first-order chi connectivity index (χ1) is 15.1. The van der Waals surface area contributed by atoms with E-state index in [-0.39, 0.29) is 10.8 Å². The molecule has 0 aromatic heterocycles. The van der Waals surface area contributed by atoms with E-state index in [1.165, 1.54) is 4.31 Å². The van der Waals surface area contributed by atoms with Gasteiger partial charge in [0.2, 0.25) is 10.0 Å². The summed E-state index contributed by atoms with van der Waals surface area (Å²) in [6.45, 7) is 1.85. The molecule has 1 fully saturated rings. The Morgan fingerprint density at radius 1 is 0.871 bits per heavy atom. The van der Waals surface area contributed by atoms with E-state index in [4.69, 9.17) is 4.74 Å². The van der Waals surface area contributed by atoms with Crippen molar-refractivity contribution < 1.29 is 17.9 Å². The molecule has 31 heavy (non-hydrogen) atoms. The van der Waals surface area contributed by atoms with Crippen LogP contribution in [0.15, 0.2) is 83.8 Å². The Balaban J connectivity index is 1.44. The van der Waals surface area contributed by atoms with Gasteiger partial charge in [-0.05, 0) is 34.9 Å². The third-order valence-corrected chi connectivity index (χ3v) is 7.15. The van der Waals surface area contributed by atoms with Crippen LogP contribution >= 0.6 is 0 Å². The highest BCUT2D eigenvalue weighted by Crippen LogP contribution is 2.23. The first-order valence-electron chi connectivity index (χ1n) is 10.2. The molecule has 3 aromatic rings. The summed E-state index contributed by atoms with van der Waals surface area (Å²) in [5.74, 6) is -0.176. The SMILES string of the molecule is O=C(NCc1ccc(S(=O)(=O)N2CCOCC2)cc1)c1ccccc1-c1ccccc1. The number of amides is 1. The first kappa shape index (κ1) is 21.2. The van der Waals surface area contributed by atoms with Crippen LogP contribution in [0.2, 0.25) is 0 Å². The highest BCUT2D eigenvalue weighted by Gasteiger charge is 2.26. The van der Waals surface area contributed by atoms with E-state index < -0.39 is 10.0 Å². The molecule has 0 aliphatic carbocycles. The van der Waals surface area contributed by atoms with E-state index in [1.54, 1.807) is 30.3 Å². The summed E-state index contributed by atoms with van der Waals surface area (Å²) in [5, 5.41) is 2.93. The van der Waals surface area contributed by atoms with Gasteiger partial charge in [0.15, 0.2) is 0 Å². The number of ether oxygens (including phenoxy) is 1. The second kappa shape index (κ2) is 9.43. The fourth-order valence-electron chi connectivity index (χ4n) is 3.54. The summed E-state index contributed by atoms with van der Waals surface area (Å²) in [5.41, 5.74) is 3.27. The summed E-state index contributed by atoms with van der Waals surface area (Å²) in [4.78, 5) is 13.1. The summed E-state index contributed by atoms with van der Waals surface area (Å²) in [6, 6.07) is 23.9. The predicted octanol–water partition coefficient (Wildman–Crippen LogP) is 3.30. The third kappa shape index (κ3) is 4.85. The van der Waals surface area contributed by atoms with Crippen LogP contribution in [0.4, 0.5) is 0 Å². The van der Waals surface area contributed by atoms with Gasteiger partial charge in [0.05, 0.1) is 18.1 Å². The molecule has 1 heterocycles. The van der Waals surface area contributed by atoms with Gasteiger partial charge in [-0.1, -0.05) is 60.7 Å². The minimum Gasteiger partial charge on any atom is -0.379 e. The highest BCUT2D eigenvalue weighted by molar-refractivity contribution is 7.89. The van der Waals surface area contributed by atoms with Gasteiger partial charge in [-0.15, -0.1) is 0 Å². The van der Waals surface area contributed by atoms with E-state index in [0.29, 0.717) is 38.4 Å². The predicted molar refractivity (Wildman–Crippen MR) is 119 cm³/mol. The van der Waals surface area contributed by atoms with Crippen LogP contribution in [0.1, 0.15) is 15.9 Å². The molecule has 160 valence electrons. The van der Waals surface area contributed by atoms with Gasteiger partial charge in [0, 0.05) is 25.2 Å². The number of carbonyl (C=O) groups is 1. The van der Waals surface area contributed by atoms with Gasteiger partial charge < -0.3 is 10.1 Å². The number of rotatable bonds is 6. The van der Waals surface area contributed by atoms with Crippen molar-refractivity contribution in [3.05, 3.63) is 90.0 Å². The number of nitrogens with one attached hydrogen (secondary N) is 1. The fraction of sp³-hybridized carbons (Fsp3) is 0.208. The van der Waals surface area contributed by atoms with E-state index in [1.807, 2.05) is 48.5 Å². The Morgan fingerprint density at radius 3 is 2.23 bits per heavy atom. The third-order valence-electron chi connectivity index (χ3n) is 5.24. The van der Waals surface area contributed by atoms with Gasteiger partial charge >= 0.3 is 0 Å². The van der Waals surface area contributed by atoms with Crippen LogP contribution in [0.25, 0.3) is 11.1 Å². The Hall–Kier alpha value is -3.00. The number of hydrogen-bond donors (Lipinski definition) is 1. The quantitative estimate of drug-likeness (QED) is 0.643. The number of nitrogens with zero attached hydrogens (tertiary/aromatic N) is 1. The zero-order chi connectivity index (χ0) is 21.7. The van der Waals surface area contributed by atoms with Crippen molar-refractivity contribution in [2.45, 2.75) is 11.4 Å². The molecule has 1 aliphatic heterocycles. The van der Waals surface area contributed by atoms with Crippen molar-refractivity contribution >= 4 is 15.9 Å². The first-order valence-corrected chi connectivity index (χ1v) is 11.6. The van der Waals surface area contributed by atoms with Crippen molar-refractivity contribution in [1.29, 1.82) is 0 Å². The lowest BCUT2D eigenvalue weighted by molar-refractivity contribution is 0.0730. The average molecular weight is 437 g/mol. The molecule has 1 saturated heterocycles. The summed E-state index contributed by atoms with van der Waals surface area (Å²) < 4.78 is 32.1. The smallest absolute Gasteiger partial charge is 0.252 e. The van der Waals surface area contributed by atoms with Gasteiger partial charge in [-0.25, -0.2) is 8.42 Å². The van der Waals surface area contributed by atoms with Crippen molar-refractivity contribution in [2.75, 3.05) is 26.3 Å². The average Bonchev–Trinajstić information content (AvgIpc) is 2.84. The van der Waals surface area contributed by atoms with E-state index in [2.05, 4.69) is 5.32 Å². The summed E-state index contributed by atoms with van der Waals surface area (Å²) in [6.07, 6.45) is 0. The summed E-state index contributed by atoms with van der Waals surface area (Å²) >= 11 is 0. The molecule has 1 N–H and O–H groups in total. The minimum atomic E-state index is -3.52. The molecular weight excluding hydrogens is 412 g/mol. The zero-order valence-corrected chi connectivity index (χ0v) is 17.8. The molecule has 1 aliphatic rings. The van der Waals surface area contributed by atoms with Crippen LogP contribution in [-0.2, 0) is 21.3 Å². The molecular formula is C24H24N2O4S.